The molecule has 2 fully saturated rings. The average Bonchev–Trinajstić information content (AvgIpc) is 2.93. The number of fused-ring (bicyclic) bond motifs is 2. The van der Waals surface area contributed by atoms with Gasteiger partial charge in [0.15, 0.2) is 11.5 Å². The maximum absolute atomic E-state index is 12.2. The highest BCUT2D eigenvalue weighted by Crippen LogP contribution is 2.45. The van der Waals surface area contributed by atoms with Crippen molar-refractivity contribution in [3.05, 3.63) is 10.3 Å². The van der Waals surface area contributed by atoms with Crippen molar-refractivity contribution in [2.24, 2.45) is 11.8 Å². The van der Waals surface area contributed by atoms with Crippen molar-refractivity contribution in [2.45, 2.75) is 12.5 Å². The second-order valence-electron chi connectivity index (χ2n) is 5.34. The first-order valence-electron chi connectivity index (χ1n) is 6.71. The quantitative estimate of drug-likeness (QED) is 0.862. The summed E-state index contributed by atoms with van der Waals surface area (Å²) >= 11 is 1.38. The standard InChI is InChI=1S/C13H16N2O3S/c16-13(15-5-9-8-3-7(8)4-14-9)12-11-10(6-19-12)17-1-2-18-11/h6-9,14H,1-5H2,(H,15,16)/t7-,8-,9+/m0/s1. The second kappa shape index (κ2) is 4.38. The van der Waals surface area contributed by atoms with Gasteiger partial charge in [0.05, 0.1) is 0 Å². The van der Waals surface area contributed by atoms with Crippen molar-refractivity contribution in [1.29, 1.82) is 0 Å². The number of carbonyl (C=O) groups is 1. The highest BCUT2D eigenvalue weighted by Gasteiger charge is 2.47. The lowest BCUT2D eigenvalue weighted by Gasteiger charge is -2.17. The smallest absolute Gasteiger partial charge is 0.265 e. The number of hydrogen-bond donors (Lipinski definition) is 2. The minimum Gasteiger partial charge on any atom is -0.485 e. The molecule has 3 aliphatic rings. The fourth-order valence-electron chi connectivity index (χ4n) is 2.98. The van der Waals surface area contributed by atoms with Crippen LogP contribution in [0.4, 0.5) is 0 Å². The fraction of sp³-hybridized carbons (Fsp3) is 0.615. The first kappa shape index (κ1) is 11.5. The highest BCUT2D eigenvalue weighted by atomic mass is 32.1. The minimum absolute atomic E-state index is 0.0531. The third-order valence-electron chi connectivity index (χ3n) is 4.13. The lowest BCUT2D eigenvalue weighted by atomic mass is 10.2. The summed E-state index contributed by atoms with van der Waals surface area (Å²) in [5, 5.41) is 8.30. The van der Waals surface area contributed by atoms with Crippen LogP contribution in [-0.4, -0.2) is 38.3 Å². The molecule has 1 aromatic heterocycles. The third kappa shape index (κ3) is 1.99. The molecule has 2 aliphatic heterocycles. The Morgan fingerprint density at radius 2 is 2.37 bits per heavy atom. The van der Waals surface area contributed by atoms with E-state index in [1.165, 1.54) is 17.8 Å². The van der Waals surface area contributed by atoms with E-state index in [1.807, 2.05) is 5.38 Å². The number of nitrogens with one attached hydrogen (secondary N) is 2. The molecule has 0 spiro atoms. The number of hydrogen-bond acceptors (Lipinski definition) is 5. The van der Waals surface area contributed by atoms with Crippen LogP contribution < -0.4 is 20.1 Å². The van der Waals surface area contributed by atoms with Crippen LogP contribution in [-0.2, 0) is 0 Å². The number of ether oxygens (including phenoxy) is 2. The van der Waals surface area contributed by atoms with Gasteiger partial charge in [-0.25, -0.2) is 0 Å². The molecular weight excluding hydrogens is 264 g/mol. The summed E-state index contributed by atoms with van der Waals surface area (Å²) in [6, 6.07) is 0.446. The maximum Gasteiger partial charge on any atom is 0.265 e. The van der Waals surface area contributed by atoms with Gasteiger partial charge < -0.3 is 20.1 Å². The van der Waals surface area contributed by atoms with Crippen LogP contribution in [0.25, 0.3) is 0 Å². The molecule has 3 atom stereocenters. The van der Waals surface area contributed by atoms with E-state index in [1.54, 1.807) is 0 Å². The Bertz CT molecular complexity index is 516. The van der Waals surface area contributed by atoms with Crippen LogP contribution >= 0.6 is 11.3 Å². The predicted octanol–water partition coefficient (Wildman–Crippen LogP) is 0.857. The second-order valence-corrected chi connectivity index (χ2v) is 6.22. The summed E-state index contributed by atoms with van der Waals surface area (Å²) in [4.78, 5) is 12.8. The zero-order valence-corrected chi connectivity index (χ0v) is 11.3. The van der Waals surface area contributed by atoms with Gasteiger partial charge in [0.1, 0.15) is 18.1 Å². The molecule has 1 saturated carbocycles. The molecule has 2 N–H and O–H groups in total. The summed E-state index contributed by atoms with van der Waals surface area (Å²) in [7, 11) is 0. The summed E-state index contributed by atoms with van der Waals surface area (Å²) in [5.74, 6) is 2.88. The molecule has 6 heteroatoms. The van der Waals surface area contributed by atoms with E-state index < -0.39 is 0 Å². The van der Waals surface area contributed by atoms with E-state index in [2.05, 4.69) is 10.6 Å². The number of amides is 1. The summed E-state index contributed by atoms with van der Waals surface area (Å²) in [5.41, 5.74) is 0. The van der Waals surface area contributed by atoms with Crippen molar-refractivity contribution < 1.29 is 14.3 Å². The van der Waals surface area contributed by atoms with Gasteiger partial charge in [-0.3, -0.25) is 4.79 Å². The molecule has 0 radical (unpaired) electrons. The monoisotopic (exact) mass is 280 g/mol. The predicted molar refractivity (Wildman–Crippen MR) is 71.0 cm³/mol. The molecule has 102 valence electrons. The molecule has 5 nitrogen and oxygen atoms in total. The first-order valence-corrected chi connectivity index (χ1v) is 7.59. The molecule has 1 amide bonds. The Balaban J connectivity index is 1.41. The van der Waals surface area contributed by atoms with E-state index in [0.29, 0.717) is 42.2 Å². The Hall–Kier alpha value is -1.27. The average molecular weight is 280 g/mol. The van der Waals surface area contributed by atoms with Crippen molar-refractivity contribution in [2.75, 3.05) is 26.3 Å². The Kier molecular flexibility index (Phi) is 2.66. The largest absolute Gasteiger partial charge is 0.485 e. The third-order valence-corrected chi connectivity index (χ3v) is 5.06. The van der Waals surface area contributed by atoms with Gasteiger partial charge in [0, 0.05) is 18.0 Å². The molecule has 1 aliphatic carbocycles. The molecule has 0 unspecified atom stereocenters. The molecule has 1 aromatic rings. The molecular formula is C13H16N2O3S. The normalized spacial score (nSPS) is 30.8. The van der Waals surface area contributed by atoms with Gasteiger partial charge in [-0.1, -0.05) is 0 Å². The summed E-state index contributed by atoms with van der Waals surface area (Å²) in [6.07, 6.45) is 1.32. The number of piperidine rings is 1. The van der Waals surface area contributed by atoms with E-state index in [4.69, 9.17) is 9.47 Å². The fourth-order valence-corrected chi connectivity index (χ4v) is 3.82. The minimum atomic E-state index is -0.0531. The van der Waals surface area contributed by atoms with Crippen LogP contribution in [0.3, 0.4) is 0 Å². The molecule has 0 bridgehead atoms. The van der Waals surface area contributed by atoms with E-state index in [-0.39, 0.29) is 5.91 Å². The number of thiophene rings is 1. The highest BCUT2D eigenvalue weighted by molar-refractivity contribution is 7.12. The van der Waals surface area contributed by atoms with Crippen LogP contribution in [0, 0.1) is 11.8 Å². The molecule has 3 heterocycles. The summed E-state index contributed by atoms with van der Waals surface area (Å²) < 4.78 is 11.0. The SMILES string of the molecule is O=C(NC[C@H]1NC[C@@H]2C[C@@H]21)c1scc2c1OCCO2. The maximum atomic E-state index is 12.2. The Labute approximate surface area is 115 Å². The zero-order chi connectivity index (χ0) is 12.8. The van der Waals surface area contributed by atoms with Crippen LogP contribution in [0.15, 0.2) is 5.38 Å². The van der Waals surface area contributed by atoms with Crippen molar-refractivity contribution >= 4 is 17.2 Å². The topological polar surface area (TPSA) is 59.6 Å². The van der Waals surface area contributed by atoms with Crippen molar-refractivity contribution in [3.8, 4) is 11.5 Å². The van der Waals surface area contributed by atoms with Gasteiger partial charge in [0.2, 0.25) is 0 Å². The van der Waals surface area contributed by atoms with Gasteiger partial charge >= 0.3 is 0 Å². The first-order chi connectivity index (χ1) is 9.33. The molecule has 1 saturated heterocycles. The Morgan fingerprint density at radius 1 is 1.47 bits per heavy atom. The van der Waals surface area contributed by atoms with Gasteiger partial charge in [0.25, 0.3) is 5.91 Å². The van der Waals surface area contributed by atoms with E-state index in [0.717, 1.165) is 18.4 Å². The van der Waals surface area contributed by atoms with Gasteiger partial charge in [-0.2, -0.15) is 0 Å². The van der Waals surface area contributed by atoms with Crippen molar-refractivity contribution in [3.63, 3.8) is 0 Å². The molecule has 4 rings (SSSR count). The van der Waals surface area contributed by atoms with E-state index >= 15 is 0 Å². The molecule has 19 heavy (non-hydrogen) atoms. The summed E-state index contributed by atoms with van der Waals surface area (Å²) in [6.45, 7) is 2.88. The van der Waals surface area contributed by atoms with Gasteiger partial charge in [-0.15, -0.1) is 11.3 Å². The number of rotatable bonds is 3. The van der Waals surface area contributed by atoms with Crippen molar-refractivity contribution in [1.82, 2.24) is 10.6 Å². The zero-order valence-electron chi connectivity index (χ0n) is 10.5. The van der Waals surface area contributed by atoms with Crippen LogP contribution in [0.2, 0.25) is 0 Å². The van der Waals surface area contributed by atoms with E-state index in [9.17, 15) is 4.79 Å². The van der Waals surface area contributed by atoms with Crippen LogP contribution in [0.1, 0.15) is 16.1 Å². The Morgan fingerprint density at radius 3 is 3.16 bits per heavy atom. The van der Waals surface area contributed by atoms with Crippen LogP contribution in [0.5, 0.6) is 11.5 Å². The lowest BCUT2D eigenvalue weighted by Crippen LogP contribution is -2.39. The molecule has 0 aromatic carbocycles. The number of carbonyl (C=O) groups excluding carboxylic acids is 1. The van der Waals surface area contributed by atoms with Gasteiger partial charge in [-0.05, 0) is 24.8 Å². The lowest BCUT2D eigenvalue weighted by molar-refractivity contribution is 0.0944.